The number of nitrogens with one attached hydrogen (secondary N) is 1. The fourth-order valence-corrected chi connectivity index (χ4v) is 2.33. The Labute approximate surface area is 88.1 Å². The maximum atomic E-state index is 8.79. The van der Waals surface area contributed by atoms with Crippen LogP contribution < -0.4 is 5.32 Å². The summed E-state index contributed by atoms with van der Waals surface area (Å²) in [6.45, 7) is 5.88. The molecule has 0 amide bonds. The first-order chi connectivity index (χ1) is 6.74. The Kier molecular flexibility index (Phi) is 5.49. The molecule has 84 valence electrons. The van der Waals surface area contributed by atoms with E-state index in [0.29, 0.717) is 18.6 Å². The summed E-state index contributed by atoms with van der Waals surface area (Å²) < 4.78 is 0. The molecule has 0 saturated heterocycles. The second kappa shape index (κ2) is 6.41. The Hall–Kier alpha value is -0.0800. The van der Waals surface area contributed by atoms with E-state index in [0.717, 1.165) is 18.9 Å². The third-order valence-electron chi connectivity index (χ3n) is 3.52. The molecule has 0 aromatic rings. The second-order valence-electron chi connectivity index (χ2n) is 4.86. The monoisotopic (exact) mass is 199 g/mol. The molecule has 1 fully saturated rings. The predicted octanol–water partition coefficient (Wildman–Crippen LogP) is 2.17. The minimum absolute atomic E-state index is 0.320. The van der Waals surface area contributed by atoms with Crippen LogP contribution in [0.1, 0.15) is 46.0 Å². The van der Waals surface area contributed by atoms with Gasteiger partial charge < -0.3 is 10.4 Å². The Bertz CT molecular complexity index is 143. The Morgan fingerprint density at radius 1 is 1.29 bits per heavy atom. The van der Waals surface area contributed by atoms with Crippen LogP contribution in [0.3, 0.4) is 0 Å². The van der Waals surface area contributed by atoms with Gasteiger partial charge in [0.2, 0.25) is 0 Å². The van der Waals surface area contributed by atoms with Crippen LogP contribution in [-0.4, -0.2) is 24.3 Å². The summed E-state index contributed by atoms with van der Waals surface area (Å²) in [5, 5.41) is 12.4. The first-order valence-electron chi connectivity index (χ1n) is 6.08. The number of aliphatic hydroxyl groups is 1. The molecule has 0 radical (unpaired) electrons. The number of aliphatic hydroxyl groups excluding tert-OH is 1. The summed E-state index contributed by atoms with van der Waals surface area (Å²) in [6.07, 6.45) is 6.57. The summed E-state index contributed by atoms with van der Waals surface area (Å²) in [7, 11) is 0. The van der Waals surface area contributed by atoms with Crippen molar-refractivity contribution >= 4 is 0 Å². The van der Waals surface area contributed by atoms with Gasteiger partial charge in [0.05, 0.1) is 0 Å². The summed E-state index contributed by atoms with van der Waals surface area (Å²) in [5.41, 5.74) is 0. The fraction of sp³-hybridized carbons (Fsp3) is 1.00. The van der Waals surface area contributed by atoms with Gasteiger partial charge in [0.25, 0.3) is 0 Å². The lowest BCUT2D eigenvalue weighted by molar-refractivity contribution is 0.254. The lowest BCUT2D eigenvalue weighted by atomic mass is 9.99. The van der Waals surface area contributed by atoms with Crippen molar-refractivity contribution in [3.05, 3.63) is 0 Å². The lowest BCUT2D eigenvalue weighted by Gasteiger charge is -2.22. The average molecular weight is 199 g/mol. The summed E-state index contributed by atoms with van der Waals surface area (Å²) in [6, 6.07) is 0.665. The highest BCUT2D eigenvalue weighted by atomic mass is 16.3. The van der Waals surface area contributed by atoms with Crippen molar-refractivity contribution in [3.8, 4) is 0 Å². The molecule has 1 aliphatic carbocycles. The molecule has 0 heterocycles. The molecular weight excluding hydrogens is 174 g/mol. The molecule has 0 aliphatic heterocycles. The topological polar surface area (TPSA) is 32.3 Å². The maximum absolute atomic E-state index is 8.79. The third kappa shape index (κ3) is 3.97. The van der Waals surface area contributed by atoms with Gasteiger partial charge in [-0.1, -0.05) is 19.8 Å². The minimum Gasteiger partial charge on any atom is -0.396 e. The molecule has 0 bridgehead atoms. The molecule has 0 spiro atoms. The van der Waals surface area contributed by atoms with E-state index >= 15 is 0 Å². The fourth-order valence-electron chi connectivity index (χ4n) is 2.33. The quantitative estimate of drug-likeness (QED) is 0.687. The molecule has 2 unspecified atom stereocenters. The molecule has 14 heavy (non-hydrogen) atoms. The van der Waals surface area contributed by atoms with Gasteiger partial charge in [0.15, 0.2) is 0 Å². The smallest absolute Gasteiger partial charge is 0.0434 e. The van der Waals surface area contributed by atoms with Crippen LogP contribution in [0.4, 0.5) is 0 Å². The van der Waals surface area contributed by atoms with E-state index < -0.39 is 0 Å². The van der Waals surface area contributed by atoms with Crippen LogP contribution >= 0.6 is 0 Å². The third-order valence-corrected chi connectivity index (χ3v) is 3.52. The van der Waals surface area contributed by atoms with E-state index in [1.165, 1.54) is 25.7 Å². The van der Waals surface area contributed by atoms with Crippen LogP contribution in [0.5, 0.6) is 0 Å². The predicted molar refractivity (Wildman–Crippen MR) is 60.3 cm³/mol. The van der Waals surface area contributed by atoms with Crippen molar-refractivity contribution in [2.75, 3.05) is 13.2 Å². The first kappa shape index (κ1) is 12.0. The average Bonchev–Trinajstić information content (AvgIpc) is 2.67. The van der Waals surface area contributed by atoms with E-state index in [1.807, 2.05) is 0 Å². The largest absolute Gasteiger partial charge is 0.396 e. The molecule has 0 aromatic carbocycles. The molecule has 1 rings (SSSR count). The Morgan fingerprint density at radius 3 is 2.50 bits per heavy atom. The number of rotatable bonds is 6. The molecule has 2 atom stereocenters. The lowest BCUT2D eigenvalue weighted by Crippen LogP contribution is -2.35. The van der Waals surface area contributed by atoms with Crippen LogP contribution in [0.15, 0.2) is 0 Å². The summed E-state index contributed by atoms with van der Waals surface area (Å²) in [5.74, 6) is 1.50. The molecule has 2 heteroatoms. The van der Waals surface area contributed by atoms with Crippen molar-refractivity contribution in [1.82, 2.24) is 5.32 Å². The highest BCUT2D eigenvalue weighted by Gasteiger charge is 2.21. The van der Waals surface area contributed by atoms with Crippen LogP contribution in [-0.2, 0) is 0 Å². The minimum atomic E-state index is 0.320. The van der Waals surface area contributed by atoms with Crippen molar-refractivity contribution < 1.29 is 5.11 Å². The zero-order valence-electron chi connectivity index (χ0n) is 9.63. The zero-order valence-corrected chi connectivity index (χ0v) is 9.63. The van der Waals surface area contributed by atoms with Crippen molar-refractivity contribution in [2.24, 2.45) is 11.8 Å². The SMILES string of the molecule is CC(CCO)CNC(C)C1CCCC1. The molecule has 0 aromatic heterocycles. The van der Waals surface area contributed by atoms with Gasteiger partial charge in [-0.3, -0.25) is 0 Å². The molecule has 1 aliphatic rings. The van der Waals surface area contributed by atoms with Gasteiger partial charge in [-0.15, -0.1) is 0 Å². The van der Waals surface area contributed by atoms with Crippen LogP contribution in [0, 0.1) is 11.8 Å². The normalized spacial score (nSPS) is 22.5. The van der Waals surface area contributed by atoms with Crippen LogP contribution in [0.25, 0.3) is 0 Å². The Morgan fingerprint density at radius 2 is 1.93 bits per heavy atom. The first-order valence-corrected chi connectivity index (χ1v) is 6.08. The molecule has 2 nitrogen and oxygen atoms in total. The summed E-state index contributed by atoms with van der Waals surface area (Å²) >= 11 is 0. The van der Waals surface area contributed by atoms with E-state index in [2.05, 4.69) is 19.2 Å². The van der Waals surface area contributed by atoms with E-state index in [4.69, 9.17) is 5.11 Å². The number of hydrogen-bond donors (Lipinski definition) is 2. The second-order valence-corrected chi connectivity index (χ2v) is 4.86. The molecule has 1 saturated carbocycles. The zero-order chi connectivity index (χ0) is 10.4. The van der Waals surface area contributed by atoms with Gasteiger partial charge >= 0.3 is 0 Å². The molecular formula is C12H25NO. The Balaban J connectivity index is 2.10. The van der Waals surface area contributed by atoms with Gasteiger partial charge in [0, 0.05) is 12.6 Å². The van der Waals surface area contributed by atoms with Crippen molar-refractivity contribution in [1.29, 1.82) is 0 Å². The van der Waals surface area contributed by atoms with Gasteiger partial charge in [-0.2, -0.15) is 0 Å². The van der Waals surface area contributed by atoms with Gasteiger partial charge in [-0.05, 0) is 44.6 Å². The van der Waals surface area contributed by atoms with Gasteiger partial charge in [0.1, 0.15) is 0 Å². The molecule has 2 N–H and O–H groups in total. The van der Waals surface area contributed by atoms with E-state index in [-0.39, 0.29) is 0 Å². The maximum Gasteiger partial charge on any atom is 0.0434 e. The van der Waals surface area contributed by atoms with Crippen molar-refractivity contribution in [2.45, 2.75) is 52.0 Å². The number of hydrogen-bond acceptors (Lipinski definition) is 2. The van der Waals surface area contributed by atoms with E-state index in [9.17, 15) is 0 Å². The summed E-state index contributed by atoms with van der Waals surface area (Å²) in [4.78, 5) is 0. The van der Waals surface area contributed by atoms with Crippen LogP contribution in [0.2, 0.25) is 0 Å². The van der Waals surface area contributed by atoms with Gasteiger partial charge in [-0.25, -0.2) is 0 Å². The van der Waals surface area contributed by atoms with E-state index in [1.54, 1.807) is 0 Å². The highest BCUT2D eigenvalue weighted by molar-refractivity contribution is 4.77. The standard InChI is InChI=1S/C12H25NO/c1-10(7-8-14)9-13-11(2)12-5-3-4-6-12/h10-14H,3-9H2,1-2H3. The van der Waals surface area contributed by atoms with Crippen molar-refractivity contribution in [3.63, 3.8) is 0 Å². The highest BCUT2D eigenvalue weighted by Crippen LogP contribution is 2.27.